The molecule has 2 N–H and O–H groups in total. The van der Waals surface area contributed by atoms with Gasteiger partial charge in [-0.2, -0.15) is 0 Å². The van der Waals surface area contributed by atoms with Gasteiger partial charge in [-0.05, 0) is 37.1 Å². The molecule has 0 radical (unpaired) electrons. The molecule has 2 aromatic heterocycles. The van der Waals surface area contributed by atoms with Crippen molar-refractivity contribution in [1.29, 1.82) is 0 Å². The SMILES string of the molecule is COC(O)c1cc(-c2c(C)noc2C)cc2c1[nH]c(=O)n2Cc1ccccc1. The Morgan fingerprint density at radius 3 is 2.64 bits per heavy atom. The number of benzene rings is 2. The monoisotopic (exact) mass is 379 g/mol. The maximum Gasteiger partial charge on any atom is 0.326 e. The first kappa shape index (κ1) is 18.2. The largest absolute Gasteiger partial charge is 0.364 e. The number of rotatable bonds is 5. The molecule has 0 aliphatic rings. The van der Waals surface area contributed by atoms with Gasteiger partial charge in [-0.1, -0.05) is 35.5 Å². The number of H-pyrrole nitrogens is 1. The standard InChI is InChI=1S/C21H21N3O4/c1-12-18(13(2)28-23-12)15-9-16(20(25)27-3)19-17(10-15)24(21(26)22-19)11-14-7-5-4-6-8-14/h4-10,20,25H,11H2,1-3H3,(H,22,26). The topological polar surface area (TPSA) is 93.3 Å². The molecule has 144 valence electrons. The molecule has 0 bridgehead atoms. The smallest absolute Gasteiger partial charge is 0.326 e. The van der Waals surface area contributed by atoms with Crippen LogP contribution in [0.3, 0.4) is 0 Å². The van der Waals surface area contributed by atoms with Crippen molar-refractivity contribution in [2.45, 2.75) is 26.7 Å². The number of aryl methyl sites for hydroxylation is 2. The molecular weight excluding hydrogens is 358 g/mol. The molecule has 1 atom stereocenters. The number of methoxy groups -OCH3 is 1. The molecule has 0 aliphatic heterocycles. The fourth-order valence-corrected chi connectivity index (χ4v) is 3.57. The lowest BCUT2D eigenvalue weighted by Gasteiger charge is -2.13. The molecule has 0 aliphatic carbocycles. The summed E-state index contributed by atoms with van der Waals surface area (Å²) < 4.78 is 12.1. The van der Waals surface area contributed by atoms with Gasteiger partial charge in [0.15, 0.2) is 6.29 Å². The van der Waals surface area contributed by atoms with Crippen molar-refractivity contribution in [3.63, 3.8) is 0 Å². The average molecular weight is 379 g/mol. The average Bonchev–Trinajstić information content (AvgIpc) is 3.20. The molecule has 2 aromatic carbocycles. The van der Waals surface area contributed by atoms with Crippen molar-refractivity contribution in [3.05, 3.63) is 75.5 Å². The summed E-state index contributed by atoms with van der Waals surface area (Å²) in [6, 6.07) is 13.4. The number of hydrogen-bond acceptors (Lipinski definition) is 5. The number of aromatic nitrogens is 3. The number of nitrogens with one attached hydrogen (secondary N) is 1. The Morgan fingerprint density at radius 2 is 2.00 bits per heavy atom. The van der Waals surface area contributed by atoms with E-state index in [4.69, 9.17) is 9.26 Å². The van der Waals surface area contributed by atoms with E-state index in [0.717, 1.165) is 22.4 Å². The van der Waals surface area contributed by atoms with Crippen LogP contribution in [0.5, 0.6) is 0 Å². The third kappa shape index (κ3) is 3.04. The molecule has 7 nitrogen and oxygen atoms in total. The molecule has 0 saturated carbocycles. The van der Waals surface area contributed by atoms with Gasteiger partial charge in [0.1, 0.15) is 5.76 Å². The van der Waals surface area contributed by atoms with Crippen LogP contribution < -0.4 is 5.69 Å². The Labute approximate surface area is 161 Å². The first-order chi connectivity index (χ1) is 13.5. The number of hydrogen-bond donors (Lipinski definition) is 2. The summed E-state index contributed by atoms with van der Waals surface area (Å²) in [5.41, 5.74) is 4.84. The number of fused-ring (bicyclic) bond motifs is 1. The number of aliphatic hydroxyl groups excluding tert-OH is 1. The minimum atomic E-state index is -1.17. The highest BCUT2D eigenvalue weighted by molar-refractivity contribution is 5.86. The molecule has 0 amide bonds. The van der Waals surface area contributed by atoms with Gasteiger partial charge in [-0.25, -0.2) is 4.79 Å². The van der Waals surface area contributed by atoms with E-state index in [1.807, 2.05) is 50.2 Å². The minimum Gasteiger partial charge on any atom is -0.364 e. The van der Waals surface area contributed by atoms with Crippen molar-refractivity contribution < 1.29 is 14.4 Å². The van der Waals surface area contributed by atoms with Crippen LogP contribution in [0.1, 0.15) is 28.9 Å². The van der Waals surface area contributed by atoms with Gasteiger partial charge >= 0.3 is 5.69 Å². The second-order valence-electron chi connectivity index (χ2n) is 6.75. The quantitative estimate of drug-likeness (QED) is 0.519. The Hall–Kier alpha value is -3.16. The van der Waals surface area contributed by atoms with E-state index in [0.29, 0.717) is 28.9 Å². The lowest BCUT2D eigenvalue weighted by Crippen LogP contribution is -2.17. The zero-order chi connectivity index (χ0) is 19.8. The molecule has 4 rings (SSSR count). The van der Waals surface area contributed by atoms with E-state index < -0.39 is 6.29 Å². The summed E-state index contributed by atoms with van der Waals surface area (Å²) in [5.74, 6) is 0.669. The molecule has 4 aromatic rings. The lowest BCUT2D eigenvalue weighted by atomic mass is 10.00. The van der Waals surface area contributed by atoms with Gasteiger partial charge in [-0.3, -0.25) is 4.57 Å². The Balaban J connectivity index is 1.98. The van der Waals surface area contributed by atoms with Gasteiger partial charge in [0.2, 0.25) is 0 Å². The molecule has 0 saturated heterocycles. The van der Waals surface area contributed by atoms with Crippen LogP contribution in [0.25, 0.3) is 22.2 Å². The summed E-state index contributed by atoms with van der Waals surface area (Å²) in [6.45, 7) is 4.10. The number of ether oxygens (including phenoxy) is 1. The van der Waals surface area contributed by atoms with E-state index in [1.165, 1.54) is 7.11 Å². The van der Waals surface area contributed by atoms with Crippen molar-refractivity contribution in [2.75, 3.05) is 7.11 Å². The van der Waals surface area contributed by atoms with E-state index in [2.05, 4.69) is 10.1 Å². The maximum absolute atomic E-state index is 12.7. The Kier molecular flexibility index (Phi) is 4.62. The summed E-state index contributed by atoms with van der Waals surface area (Å²) in [5, 5.41) is 14.4. The minimum absolute atomic E-state index is 0.251. The normalized spacial score (nSPS) is 12.6. The van der Waals surface area contributed by atoms with Crippen LogP contribution in [-0.4, -0.2) is 26.9 Å². The maximum atomic E-state index is 12.7. The molecule has 7 heteroatoms. The van der Waals surface area contributed by atoms with Gasteiger partial charge in [0.25, 0.3) is 0 Å². The van der Waals surface area contributed by atoms with E-state index in [-0.39, 0.29) is 5.69 Å². The van der Waals surface area contributed by atoms with Crippen LogP contribution >= 0.6 is 0 Å². The summed E-state index contributed by atoms with van der Waals surface area (Å²) in [7, 11) is 1.41. The van der Waals surface area contributed by atoms with Crippen molar-refractivity contribution in [2.24, 2.45) is 0 Å². The van der Waals surface area contributed by atoms with Crippen LogP contribution in [0.2, 0.25) is 0 Å². The summed E-state index contributed by atoms with van der Waals surface area (Å²) >= 11 is 0. The lowest BCUT2D eigenvalue weighted by molar-refractivity contribution is -0.0759. The second-order valence-corrected chi connectivity index (χ2v) is 6.75. The predicted molar refractivity (Wildman–Crippen MR) is 105 cm³/mol. The van der Waals surface area contributed by atoms with Gasteiger partial charge in [-0.15, -0.1) is 0 Å². The summed E-state index contributed by atoms with van der Waals surface area (Å²) in [6.07, 6.45) is -1.17. The predicted octanol–water partition coefficient (Wildman–Crippen LogP) is 3.29. The van der Waals surface area contributed by atoms with Gasteiger partial charge in [0, 0.05) is 18.2 Å². The fourth-order valence-electron chi connectivity index (χ4n) is 3.57. The van der Waals surface area contributed by atoms with Crippen LogP contribution in [0.4, 0.5) is 0 Å². The van der Waals surface area contributed by atoms with Crippen molar-refractivity contribution in [3.8, 4) is 11.1 Å². The highest BCUT2D eigenvalue weighted by Crippen LogP contribution is 2.33. The van der Waals surface area contributed by atoms with Crippen LogP contribution in [-0.2, 0) is 11.3 Å². The van der Waals surface area contributed by atoms with Crippen LogP contribution in [0.15, 0.2) is 51.8 Å². The zero-order valence-electron chi connectivity index (χ0n) is 15.9. The Morgan fingerprint density at radius 1 is 1.25 bits per heavy atom. The fraction of sp³-hybridized carbons (Fsp3) is 0.238. The van der Waals surface area contributed by atoms with Crippen molar-refractivity contribution in [1.82, 2.24) is 14.7 Å². The van der Waals surface area contributed by atoms with Crippen LogP contribution in [0, 0.1) is 13.8 Å². The highest BCUT2D eigenvalue weighted by Gasteiger charge is 2.21. The number of imidazole rings is 1. The van der Waals surface area contributed by atoms with E-state index in [9.17, 15) is 9.90 Å². The molecule has 0 fully saturated rings. The van der Waals surface area contributed by atoms with Crippen molar-refractivity contribution >= 4 is 11.0 Å². The van der Waals surface area contributed by atoms with E-state index in [1.54, 1.807) is 10.6 Å². The number of aliphatic hydroxyl groups is 1. The molecule has 1 unspecified atom stereocenters. The van der Waals surface area contributed by atoms with Gasteiger partial charge < -0.3 is 19.4 Å². The number of aromatic amines is 1. The molecular formula is C21H21N3O4. The number of nitrogens with zero attached hydrogens (tertiary/aromatic N) is 2. The molecule has 2 heterocycles. The third-order valence-corrected chi connectivity index (χ3v) is 4.91. The third-order valence-electron chi connectivity index (χ3n) is 4.91. The molecule has 0 spiro atoms. The second kappa shape index (κ2) is 7.10. The zero-order valence-corrected chi connectivity index (χ0v) is 15.9. The molecule has 28 heavy (non-hydrogen) atoms. The highest BCUT2D eigenvalue weighted by atomic mass is 16.6. The van der Waals surface area contributed by atoms with Gasteiger partial charge in [0.05, 0.1) is 23.3 Å². The van der Waals surface area contributed by atoms with E-state index >= 15 is 0 Å². The first-order valence-corrected chi connectivity index (χ1v) is 8.94. The summed E-state index contributed by atoms with van der Waals surface area (Å²) in [4.78, 5) is 15.6. The first-order valence-electron chi connectivity index (χ1n) is 8.94. The Bertz CT molecular complexity index is 1170.